The van der Waals surface area contributed by atoms with Crippen LogP contribution in [0.25, 0.3) is 0 Å². The van der Waals surface area contributed by atoms with Crippen molar-refractivity contribution in [1.82, 2.24) is 0 Å². The van der Waals surface area contributed by atoms with Gasteiger partial charge < -0.3 is 9.84 Å². The number of terminal acetylenes is 1. The first kappa shape index (κ1) is 19.8. The Morgan fingerprint density at radius 3 is 2.38 bits per heavy atom. The topological polar surface area (TPSA) is 46.5 Å². The molecule has 0 fully saturated rings. The number of carboxylic acid groups (broad SMARTS) is 1. The van der Waals surface area contributed by atoms with Gasteiger partial charge in [0.1, 0.15) is 0 Å². The molecular formula is C19H14ClF3O3. The van der Waals surface area contributed by atoms with Crippen molar-refractivity contribution in [2.24, 2.45) is 0 Å². The van der Waals surface area contributed by atoms with Gasteiger partial charge in [-0.25, -0.2) is 4.79 Å². The van der Waals surface area contributed by atoms with Crippen molar-refractivity contribution in [1.29, 1.82) is 0 Å². The summed E-state index contributed by atoms with van der Waals surface area (Å²) in [6.07, 6.45) is 0.117. The van der Waals surface area contributed by atoms with E-state index in [1.54, 1.807) is 30.3 Å². The highest BCUT2D eigenvalue weighted by atomic mass is 35.5. The summed E-state index contributed by atoms with van der Waals surface area (Å²) in [5.41, 5.74) is -2.94. The van der Waals surface area contributed by atoms with Crippen LogP contribution >= 0.6 is 11.6 Å². The molecule has 3 nitrogen and oxygen atoms in total. The van der Waals surface area contributed by atoms with E-state index in [-0.39, 0.29) is 17.2 Å². The molecular weight excluding hydrogens is 369 g/mol. The molecule has 0 spiro atoms. The molecule has 0 bridgehead atoms. The van der Waals surface area contributed by atoms with E-state index in [4.69, 9.17) is 22.8 Å². The molecule has 0 radical (unpaired) electrons. The molecule has 0 saturated heterocycles. The van der Waals surface area contributed by atoms with Crippen molar-refractivity contribution in [3.05, 3.63) is 70.2 Å². The average molecular weight is 383 g/mol. The molecule has 0 saturated carbocycles. The number of carbonyl (C=O) groups is 1. The zero-order valence-corrected chi connectivity index (χ0v) is 14.1. The van der Waals surface area contributed by atoms with E-state index in [1.165, 1.54) is 0 Å². The second kappa shape index (κ2) is 7.81. The monoisotopic (exact) mass is 382 g/mol. The minimum absolute atomic E-state index is 0.165. The molecule has 2 aromatic carbocycles. The van der Waals surface area contributed by atoms with Crippen molar-refractivity contribution < 1.29 is 27.8 Å². The smallest absolute Gasteiger partial charge is 0.416 e. The Labute approximate surface area is 153 Å². The zero-order chi connectivity index (χ0) is 19.4. The summed E-state index contributed by atoms with van der Waals surface area (Å²) in [5, 5.41) is 9.57. The van der Waals surface area contributed by atoms with Gasteiger partial charge in [0, 0.05) is 10.6 Å². The average Bonchev–Trinajstić information content (AvgIpc) is 2.59. The normalized spacial score (nSPS) is 13.7. The molecule has 0 amide bonds. The van der Waals surface area contributed by atoms with E-state index >= 15 is 0 Å². The predicted octanol–water partition coefficient (Wildman–Crippen LogP) is 4.88. The summed E-state index contributed by atoms with van der Waals surface area (Å²) < 4.78 is 44.7. The van der Waals surface area contributed by atoms with Gasteiger partial charge >= 0.3 is 12.1 Å². The number of aliphatic carboxylic acids is 1. The number of benzene rings is 2. The molecule has 0 aliphatic carbocycles. The lowest BCUT2D eigenvalue weighted by Crippen LogP contribution is -2.39. The number of ether oxygens (including phenoxy) is 1. The summed E-state index contributed by atoms with van der Waals surface area (Å²) >= 11 is 6.01. The molecule has 1 unspecified atom stereocenters. The molecule has 1 atom stereocenters. The van der Waals surface area contributed by atoms with Gasteiger partial charge in [-0.15, -0.1) is 12.3 Å². The first-order chi connectivity index (χ1) is 12.2. The summed E-state index contributed by atoms with van der Waals surface area (Å²) in [4.78, 5) is 12.0. The van der Waals surface area contributed by atoms with Gasteiger partial charge in [0.15, 0.2) is 0 Å². The Balaban J connectivity index is 2.54. The molecule has 1 N–H and O–H groups in total. The minimum atomic E-state index is -4.67. The molecule has 0 aromatic heterocycles. The minimum Gasteiger partial charge on any atom is -0.479 e. The fourth-order valence-corrected chi connectivity index (χ4v) is 2.68. The van der Waals surface area contributed by atoms with E-state index in [0.717, 1.165) is 12.1 Å². The molecule has 2 rings (SSSR count). The molecule has 0 heterocycles. The molecule has 7 heteroatoms. The van der Waals surface area contributed by atoms with Crippen LogP contribution in [0.4, 0.5) is 13.2 Å². The maximum Gasteiger partial charge on any atom is 0.416 e. The Hall–Kier alpha value is -2.49. The standard InChI is InChI=1S/C19H14ClF3O3/c1-2-10-18(17(24)25,26-12-13-6-4-3-5-7-13)15-11-14(19(21,22)23)8-9-16(15)20/h1,3-9,11H,10,12H2,(H,24,25). The maximum atomic E-state index is 13.1. The number of rotatable bonds is 6. The number of alkyl halides is 3. The highest BCUT2D eigenvalue weighted by molar-refractivity contribution is 6.31. The van der Waals surface area contributed by atoms with Crippen molar-refractivity contribution in [3.8, 4) is 12.3 Å². The zero-order valence-electron chi connectivity index (χ0n) is 13.4. The van der Waals surface area contributed by atoms with Crippen molar-refractivity contribution in [2.45, 2.75) is 24.8 Å². The van der Waals surface area contributed by atoms with Gasteiger partial charge in [-0.05, 0) is 23.8 Å². The Kier molecular flexibility index (Phi) is 5.96. The number of carboxylic acids is 1. The van der Waals surface area contributed by atoms with Gasteiger partial charge in [0.2, 0.25) is 5.60 Å². The quantitative estimate of drug-likeness (QED) is 0.724. The fourth-order valence-electron chi connectivity index (χ4n) is 2.41. The van der Waals surface area contributed by atoms with Crippen molar-refractivity contribution in [3.63, 3.8) is 0 Å². The largest absolute Gasteiger partial charge is 0.479 e. The maximum absolute atomic E-state index is 13.1. The third kappa shape index (κ3) is 4.18. The van der Waals surface area contributed by atoms with Gasteiger partial charge in [-0.2, -0.15) is 13.2 Å². The Morgan fingerprint density at radius 2 is 1.85 bits per heavy atom. The highest BCUT2D eigenvalue weighted by Crippen LogP contribution is 2.39. The molecule has 136 valence electrons. The Morgan fingerprint density at radius 1 is 1.19 bits per heavy atom. The third-order valence-electron chi connectivity index (χ3n) is 3.75. The molecule has 26 heavy (non-hydrogen) atoms. The highest BCUT2D eigenvalue weighted by Gasteiger charge is 2.44. The summed E-state index contributed by atoms with van der Waals surface area (Å²) in [6, 6.07) is 11.0. The third-order valence-corrected chi connectivity index (χ3v) is 4.08. The predicted molar refractivity (Wildman–Crippen MR) is 90.4 cm³/mol. The van der Waals surface area contributed by atoms with E-state index < -0.39 is 29.7 Å². The first-order valence-corrected chi connectivity index (χ1v) is 7.80. The molecule has 2 aromatic rings. The summed E-state index contributed by atoms with van der Waals surface area (Å²) in [5.74, 6) is 0.644. The van der Waals surface area contributed by atoms with E-state index in [2.05, 4.69) is 5.92 Å². The van der Waals surface area contributed by atoms with Crippen molar-refractivity contribution >= 4 is 17.6 Å². The van der Waals surface area contributed by atoms with Gasteiger partial charge in [-0.3, -0.25) is 0 Å². The Bertz CT molecular complexity index is 828. The van der Waals surface area contributed by atoms with Gasteiger partial charge in [-0.1, -0.05) is 41.9 Å². The van der Waals surface area contributed by atoms with Crippen LogP contribution in [0.2, 0.25) is 5.02 Å². The lowest BCUT2D eigenvalue weighted by atomic mass is 9.89. The fraction of sp³-hybridized carbons (Fsp3) is 0.211. The van der Waals surface area contributed by atoms with E-state index in [9.17, 15) is 23.1 Å². The van der Waals surface area contributed by atoms with Crippen LogP contribution in [0.3, 0.4) is 0 Å². The summed E-state index contributed by atoms with van der Waals surface area (Å²) in [6.45, 7) is -0.165. The van der Waals surface area contributed by atoms with Crippen LogP contribution in [-0.2, 0) is 27.9 Å². The van der Waals surface area contributed by atoms with Crippen LogP contribution in [0.5, 0.6) is 0 Å². The van der Waals surface area contributed by atoms with Gasteiger partial charge in [0.05, 0.1) is 18.6 Å². The second-order valence-electron chi connectivity index (χ2n) is 5.48. The SMILES string of the molecule is C#CCC(OCc1ccccc1)(C(=O)O)c1cc(C(F)(F)F)ccc1Cl. The van der Waals surface area contributed by atoms with E-state index in [1.807, 2.05) is 0 Å². The lowest BCUT2D eigenvalue weighted by molar-refractivity contribution is -0.169. The van der Waals surface area contributed by atoms with Crippen LogP contribution in [0, 0.1) is 12.3 Å². The lowest BCUT2D eigenvalue weighted by Gasteiger charge is -2.30. The van der Waals surface area contributed by atoms with Crippen LogP contribution in [-0.4, -0.2) is 11.1 Å². The number of hydrogen-bond donors (Lipinski definition) is 1. The second-order valence-corrected chi connectivity index (χ2v) is 5.89. The van der Waals surface area contributed by atoms with Crippen molar-refractivity contribution in [2.75, 3.05) is 0 Å². The van der Waals surface area contributed by atoms with Crippen LogP contribution in [0.15, 0.2) is 48.5 Å². The van der Waals surface area contributed by atoms with E-state index in [0.29, 0.717) is 11.6 Å². The molecule has 0 aliphatic rings. The van der Waals surface area contributed by atoms with Gasteiger partial charge in [0.25, 0.3) is 0 Å². The van der Waals surface area contributed by atoms with Crippen LogP contribution in [0.1, 0.15) is 23.1 Å². The molecule has 0 aliphatic heterocycles. The van der Waals surface area contributed by atoms with Crippen LogP contribution < -0.4 is 0 Å². The number of hydrogen-bond acceptors (Lipinski definition) is 2. The number of halogens is 4. The summed E-state index contributed by atoms with van der Waals surface area (Å²) in [7, 11) is 0. The first-order valence-electron chi connectivity index (χ1n) is 7.42.